The first-order chi connectivity index (χ1) is 10.5. The molecular formula is C16H15BrF2N2O. The number of amides is 1. The Morgan fingerprint density at radius 2 is 1.95 bits per heavy atom. The highest BCUT2D eigenvalue weighted by atomic mass is 79.9. The molecule has 3 nitrogen and oxygen atoms in total. The summed E-state index contributed by atoms with van der Waals surface area (Å²) < 4.78 is 27.8. The molecule has 0 saturated heterocycles. The predicted molar refractivity (Wildman–Crippen MR) is 84.6 cm³/mol. The van der Waals surface area contributed by atoms with E-state index in [1.165, 1.54) is 30.3 Å². The van der Waals surface area contributed by atoms with Crippen molar-refractivity contribution in [2.45, 2.75) is 6.04 Å². The molecule has 0 unspecified atom stereocenters. The molecule has 116 valence electrons. The van der Waals surface area contributed by atoms with Crippen molar-refractivity contribution in [2.24, 2.45) is 0 Å². The lowest BCUT2D eigenvalue weighted by atomic mass is 10.1. The van der Waals surface area contributed by atoms with Gasteiger partial charge in [-0.3, -0.25) is 4.79 Å². The Morgan fingerprint density at radius 1 is 1.23 bits per heavy atom. The summed E-state index contributed by atoms with van der Waals surface area (Å²) >= 11 is 3.22. The van der Waals surface area contributed by atoms with Crippen molar-refractivity contribution in [1.82, 2.24) is 10.6 Å². The van der Waals surface area contributed by atoms with Gasteiger partial charge in [0.05, 0.1) is 11.6 Å². The zero-order valence-electron chi connectivity index (χ0n) is 11.9. The average Bonchev–Trinajstić information content (AvgIpc) is 2.46. The molecule has 2 aromatic carbocycles. The summed E-state index contributed by atoms with van der Waals surface area (Å²) in [6, 6.07) is 9.64. The molecule has 0 bridgehead atoms. The van der Waals surface area contributed by atoms with Gasteiger partial charge < -0.3 is 10.6 Å². The van der Waals surface area contributed by atoms with Crippen LogP contribution in [0.4, 0.5) is 8.78 Å². The van der Waals surface area contributed by atoms with Crippen LogP contribution in [0.5, 0.6) is 0 Å². The zero-order valence-corrected chi connectivity index (χ0v) is 13.5. The molecule has 2 aromatic rings. The van der Waals surface area contributed by atoms with Gasteiger partial charge in [0, 0.05) is 11.0 Å². The summed E-state index contributed by atoms with van der Waals surface area (Å²) in [5, 5.41) is 5.65. The van der Waals surface area contributed by atoms with Gasteiger partial charge in [-0.15, -0.1) is 0 Å². The summed E-state index contributed by atoms with van der Waals surface area (Å²) in [5.41, 5.74) is 0.546. The number of benzene rings is 2. The number of rotatable bonds is 5. The smallest absolute Gasteiger partial charge is 0.254 e. The van der Waals surface area contributed by atoms with Crippen LogP contribution < -0.4 is 10.6 Å². The van der Waals surface area contributed by atoms with Gasteiger partial charge in [0.1, 0.15) is 11.6 Å². The van der Waals surface area contributed by atoms with Gasteiger partial charge in [0.2, 0.25) is 0 Å². The van der Waals surface area contributed by atoms with Crippen molar-refractivity contribution in [3.8, 4) is 0 Å². The summed E-state index contributed by atoms with van der Waals surface area (Å²) in [6.45, 7) is 0.385. The molecule has 0 radical (unpaired) electrons. The number of hydrogen-bond acceptors (Lipinski definition) is 2. The molecular weight excluding hydrogens is 354 g/mol. The number of carbonyl (C=O) groups excluding carboxylic acids is 1. The fraction of sp³-hybridized carbons (Fsp3) is 0.188. The summed E-state index contributed by atoms with van der Waals surface area (Å²) in [7, 11) is 1.72. The molecule has 0 heterocycles. The van der Waals surface area contributed by atoms with Gasteiger partial charge in [-0.25, -0.2) is 8.78 Å². The summed E-state index contributed by atoms with van der Waals surface area (Å²) in [4.78, 5) is 12.2. The maximum absolute atomic E-state index is 13.7. The van der Waals surface area contributed by atoms with Crippen LogP contribution in [0, 0.1) is 11.6 Å². The lowest BCUT2D eigenvalue weighted by Gasteiger charge is -2.19. The second kappa shape index (κ2) is 7.47. The quantitative estimate of drug-likeness (QED) is 0.848. The molecule has 22 heavy (non-hydrogen) atoms. The number of halogens is 3. The Bertz CT molecular complexity index is 659. The minimum atomic E-state index is -0.594. The van der Waals surface area contributed by atoms with Gasteiger partial charge >= 0.3 is 0 Å². The van der Waals surface area contributed by atoms with E-state index in [1.54, 1.807) is 19.2 Å². The van der Waals surface area contributed by atoms with E-state index in [-0.39, 0.29) is 5.56 Å². The van der Waals surface area contributed by atoms with E-state index in [4.69, 9.17) is 0 Å². The SMILES string of the molecule is CNC[C@@H](NC(=O)c1ccccc1F)c1cc(F)cc(Br)c1. The molecule has 0 aliphatic heterocycles. The Labute approximate surface area is 135 Å². The van der Waals surface area contributed by atoms with Crippen molar-refractivity contribution < 1.29 is 13.6 Å². The number of nitrogens with one attached hydrogen (secondary N) is 2. The lowest BCUT2D eigenvalue weighted by molar-refractivity contribution is 0.0932. The van der Waals surface area contributed by atoms with E-state index in [0.29, 0.717) is 16.6 Å². The Kier molecular flexibility index (Phi) is 5.63. The molecule has 1 atom stereocenters. The number of carbonyl (C=O) groups is 1. The largest absolute Gasteiger partial charge is 0.344 e. The van der Waals surface area contributed by atoms with Crippen molar-refractivity contribution in [1.29, 1.82) is 0 Å². The van der Waals surface area contributed by atoms with Gasteiger partial charge in [0.15, 0.2) is 0 Å². The average molecular weight is 369 g/mol. The second-order valence-corrected chi connectivity index (χ2v) is 5.68. The molecule has 0 aromatic heterocycles. The minimum Gasteiger partial charge on any atom is -0.344 e. The van der Waals surface area contributed by atoms with E-state index in [0.717, 1.165) is 0 Å². The molecule has 0 aliphatic rings. The van der Waals surface area contributed by atoms with Crippen LogP contribution in [-0.4, -0.2) is 19.5 Å². The van der Waals surface area contributed by atoms with E-state index >= 15 is 0 Å². The standard InChI is InChI=1S/C16H15BrF2N2O/c1-20-9-15(10-6-11(17)8-12(18)7-10)21-16(22)13-4-2-3-5-14(13)19/h2-8,15,20H,9H2,1H3,(H,21,22)/t15-/m1/s1. The maximum atomic E-state index is 13.7. The van der Waals surface area contributed by atoms with Gasteiger partial charge in [0.25, 0.3) is 5.91 Å². The van der Waals surface area contributed by atoms with Crippen LogP contribution in [0.2, 0.25) is 0 Å². The highest BCUT2D eigenvalue weighted by Gasteiger charge is 2.18. The number of hydrogen-bond donors (Lipinski definition) is 2. The van der Waals surface area contributed by atoms with Gasteiger partial charge in [-0.2, -0.15) is 0 Å². The van der Waals surface area contributed by atoms with Crippen molar-refractivity contribution in [3.63, 3.8) is 0 Å². The topological polar surface area (TPSA) is 41.1 Å². The first kappa shape index (κ1) is 16.6. The van der Waals surface area contributed by atoms with Crippen molar-refractivity contribution in [2.75, 3.05) is 13.6 Å². The van der Waals surface area contributed by atoms with Crippen LogP contribution in [0.1, 0.15) is 22.0 Å². The van der Waals surface area contributed by atoms with Crippen LogP contribution >= 0.6 is 15.9 Å². The predicted octanol–water partition coefficient (Wildman–Crippen LogP) is 3.42. The first-order valence-electron chi connectivity index (χ1n) is 6.67. The Balaban J connectivity index is 2.25. The van der Waals surface area contributed by atoms with Crippen LogP contribution in [-0.2, 0) is 0 Å². The third-order valence-corrected chi connectivity index (χ3v) is 3.58. The van der Waals surface area contributed by atoms with Crippen LogP contribution in [0.25, 0.3) is 0 Å². The maximum Gasteiger partial charge on any atom is 0.254 e. The Morgan fingerprint density at radius 3 is 2.59 bits per heavy atom. The van der Waals surface area contributed by atoms with E-state index in [2.05, 4.69) is 26.6 Å². The fourth-order valence-corrected chi connectivity index (χ4v) is 2.60. The van der Waals surface area contributed by atoms with Gasteiger partial charge in [-0.1, -0.05) is 28.1 Å². The molecule has 2 rings (SSSR count). The molecule has 6 heteroatoms. The molecule has 0 fully saturated rings. The van der Waals surface area contributed by atoms with Crippen molar-refractivity contribution in [3.05, 3.63) is 69.7 Å². The second-order valence-electron chi connectivity index (χ2n) is 4.77. The third-order valence-electron chi connectivity index (χ3n) is 3.12. The van der Waals surface area contributed by atoms with E-state index in [1.807, 2.05) is 0 Å². The highest BCUT2D eigenvalue weighted by Crippen LogP contribution is 2.21. The molecule has 0 spiro atoms. The summed E-state index contributed by atoms with van der Waals surface area (Å²) in [6.07, 6.45) is 0. The zero-order chi connectivity index (χ0) is 16.1. The molecule has 1 amide bonds. The van der Waals surface area contributed by atoms with Crippen LogP contribution in [0.3, 0.4) is 0 Å². The lowest BCUT2D eigenvalue weighted by Crippen LogP contribution is -2.35. The van der Waals surface area contributed by atoms with E-state index < -0.39 is 23.6 Å². The normalized spacial score (nSPS) is 12.0. The molecule has 0 aliphatic carbocycles. The minimum absolute atomic E-state index is 0.0425. The monoisotopic (exact) mass is 368 g/mol. The third kappa shape index (κ3) is 4.11. The number of likely N-dealkylation sites (N-methyl/N-ethyl adjacent to an activating group) is 1. The van der Waals surface area contributed by atoms with Crippen molar-refractivity contribution >= 4 is 21.8 Å². The van der Waals surface area contributed by atoms with E-state index in [9.17, 15) is 13.6 Å². The fourth-order valence-electron chi connectivity index (χ4n) is 2.11. The first-order valence-corrected chi connectivity index (χ1v) is 7.46. The molecule has 2 N–H and O–H groups in total. The highest BCUT2D eigenvalue weighted by molar-refractivity contribution is 9.10. The Hall–Kier alpha value is -1.79. The van der Waals surface area contributed by atoms with Crippen LogP contribution in [0.15, 0.2) is 46.9 Å². The molecule has 0 saturated carbocycles. The summed E-state index contributed by atoms with van der Waals surface area (Å²) in [5.74, 6) is -1.55. The van der Waals surface area contributed by atoms with Gasteiger partial charge in [-0.05, 0) is 42.9 Å².